The third-order valence-electron chi connectivity index (χ3n) is 6.39. The molecule has 6 heteroatoms. The van der Waals surface area contributed by atoms with Crippen LogP contribution in [0.5, 0.6) is 0 Å². The number of rotatable bonds is 3. The molecule has 6 nitrogen and oxygen atoms in total. The van der Waals surface area contributed by atoms with Crippen LogP contribution in [0.3, 0.4) is 0 Å². The lowest BCUT2D eigenvalue weighted by Gasteiger charge is -2.32. The van der Waals surface area contributed by atoms with Crippen LogP contribution in [0.4, 0.5) is 0 Å². The number of likely N-dealkylation sites (tertiary alicyclic amines) is 2. The van der Waals surface area contributed by atoms with Gasteiger partial charge in [-0.2, -0.15) is 0 Å². The first-order chi connectivity index (χ1) is 11.7. The van der Waals surface area contributed by atoms with Crippen LogP contribution in [0.15, 0.2) is 6.33 Å². The van der Waals surface area contributed by atoms with Gasteiger partial charge < -0.3 is 9.47 Å². The highest BCUT2D eigenvalue weighted by atomic mass is 16.2. The smallest absolute Gasteiger partial charge is 0.225 e. The van der Waals surface area contributed by atoms with E-state index >= 15 is 0 Å². The monoisotopic (exact) mass is 331 g/mol. The van der Waals surface area contributed by atoms with Crippen molar-refractivity contribution in [3.8, 4) is 0 Å². The summed E-state index contributed by atoms with van der Waals surface area (Å²) in [5, 5.41) is 8.11. The van der Waals surface area contributed by atoms with Crippen molar-refractivity contribution in [3.63, 3.8) is 0 Å². The molecule has 1 amide bonds. The van der Waals surface area contributed by atoms with E-state index in [1.807, 2.05) is 11.6 Å². The Labute approximate surface area is 144 Å². The van der Waals surface area contributed by atoms with E-state index in [-0.39, 0.29) is 5.92 Å². The minimum atomic E-state index is 0.237. The molecule has 0 N–H and O–H groups in total. The molecule has 2 atom stereocenters. The molecular formula is C18H29N5O. The summed E-state index contributed by atoms with van der Waals surface area (Å²) >= 11 is 0. The third-order valence-corrected chi connectivity index (χ3v) is 6.39. The number of fused-ring (bicyclic) bond motifs is 1. The molecule has 4 rings (SSSR count). The predicted molar refractivity (Wildman–Crippen MR) is 91.0 cm³/mol. The van der Waals surface area contributed by atoms with Crippen LogP contribution >= 0.6 is 0 Å². The Balaban J connectivity index is 1.28. The lowest BCUT2D eigenvalue weighted by atomic mass is 9.82. The van der Waals surface area contributed by atoms with Crippen molar-refractivity contribution in [1.82, 2.24) is 24.6 Å². The van der Waals surface area contributed by atoms with E-state index in [4.69, 9.17) is 0 Å². The van der Waals surface area contributed by atoms with E-state index in [0.29, 0.717) is 5.91 Å². The molecular weight excluding hydrogens is 302 g/mol. The van der Waals surface area contributed by atoms with E-state index < -0.39 is 0 Å². The van der Waals surface area contributed by atoms with Crippen molar-refractivity contribution in [2.45, 2.75) is 45.1 Å². The maximum atomic E-state index is 12.9. The van der Waals surface area contributed by atoms with Gasteiger partial charge in [-0.15, -0.1) is 10.2 Å². The molecule has 3 aliphatic rings. The number of hydrogen-bond donors (Lipinski definition) is 0. The zero-order chi connectivity index (χ0) is 16.5. The van der Waals surface area contributed by atoms with Crippen LogP contribution in [0.25, 0.3) is 0 Å². The number of aryl methyl sites for hydroxylation is 1. The van der Waals surface area contributed by atoms with Gasteiger partial charge >= 0.3 is 0 Å². The van der Waals surface area contributed by atoms with E-state index in [1.165, 1.54) is 25.7 Å². The first-order valence-corrected chi connectivity index (χ1v) is 9.54. The standard InChI is InChI=1S/C18H29N5O/c1-21-13-19-20-17(21)12-22-8-6-14(7-9-22)18(24)23-10-15-4-2-3-5-16(15)11-23/h13-16H,2-12H2,1H3. The Morgan fingerprint density at radius 2 is 1.79 bits per heavy atom. The van der Waals surface area contributed by atoms with Crippen LogP contribution < -0.4 is 0 Å². The van der Waals surface area contributed by atoms with Gasteiger partial charge in [-0.25, -0.2) is 0 Å². The zero-order valence-corrected chi connectivity index (χ0v) is 14.7. The fourth-order valence-corrected chi connectivity index (χ4v) is 4.83. The summed E-state index contributed by atoms with van der Waals surface area (Å²) in [4.78, 5) is 17.5. The summed E-state index contributed by atoms with van der Waals surface area (Å²) in [6.45, 7) is 4.88. The summed E-state index contributed by atoms with van der Waals surface area (Å²) in [6.07, 6.45) is 9.13. The lowest BCUT2D eigenvalue weighted by Crippen LogP contribution is -2.42. The number of carbonyl (C=O) groups is 1. The summed E-state index contributed by atoms with van der Waals surface area (Å²) in [5.74, 6) is 3.25. The van der Waals surface area contributed by atoms with Gasteiger partial charge in [-0.1, -0.05) is 12.8 Å². The SMILES string of the molecule is Cn1cnnc1CN1CCC(C(=O)N2CC3CCCCC3C2)CC1. The number of carbonyl (C=O) groups excluding carboxylic acids is 1. The molecule has 2 saturated heterocycles. The van der Waals surface area contributed by atoms with E-state index in [9.17, 15) is 4.79 Å². The zero-order valence-electron chi connectivity index (χ0n) is 14.7. The third kappa shape index (κ3) is 3.21. The molecule has 1 aliphatic carbocycles. The fraction of sp³-hybridized carbons (Fsp3) is 0.833. The normalized spacial score (nSPS) is 29.0. The fourth-order valence-electron chi connectivity index (χ4n) is 4.83. The van der Waals surface area contributed by atoms with Crippen LogP contribution in [0, 0.1) is 17.8 Å². The summed E-state index contributed by atoms with van der Waals surface area (Å²) in [7, 11) is 1.98. The largest absolute Gasteiger partial charge is 0.342 e. The first kappa shape index (κ1) is 16.1. The van der Waals surface area contributed by atoms with Gasteiger partial charge in [-0.3, -0.25) is 9.69 Å². The molecule has 3 fully saturated rings. The molecule has 2 aliphatic heterocycles. The maximum absolute atomic E-state index is 12.9. The Kier molecular flexibility index (Phi) is 4.57. The number of aromatic nitrogens is 3. The van der Waals surface area contributed by atoms with Crippen molar-refractivity contribution in [2.75, 3.05) is 26.2 Å². The second-order valence-electron chi connectivity index (χ2n) is 7.96. The van der Waals surface area contributed by atoms with Gasteiger partial charge in [0.2, 0.25) is 5.91 Å². The number of hydrogen-bond acceptors (Lipinski definition) is 4. The van der Waals surface area contributed by atoms with Crippen LogP contribution in [0.2, 0.25) is 0 Å². The Hall–Kier alpha value is -1.43. The molecule has 0 spiro atoms. The highest BCUT2D eigenvalue weighted by Gasteiger charge is 2.38. The quantitative estimate of drug-likeness (QED) is 0.845. The van der Waals surface area contributed by atoms with Gasteiger partial charge in [0.15, 0.2) is 0 Å². The van der Waals surface area contributed by atoms with Gasteiger partial charge in [0.1, 0.15) is 12.2 Å². The lowest BCUT2D eigenvalue weighted by molar-refractivity contribution is -0.136. The topological polar surface area (TPSA) is 54.3 Å². The highest BCUT2D eigenvalue weighted by Crippen LogP contribution is 2.37. The van der Waals surface area contributed by atoms with E-state index in [0.717, 1.165) is 63.2 Å². The molecule has 0 radical (unpaired) electrons. The number of amides is 1. The van der Waals surface area contributed by atoms with E-state index in [2.05, 4.69) is 20.0 Å². The summed E-state index contributed by atoms with van der Waals surface area (Å²) < 4.78 is 1.98. The second kappa shape index (κ2) is 6.82. The van der Waals surface area contributed by atoms with Crippen molar-refractivity contribution in [3.05, 3.63) is 12.2 Å². The highest BCUT2D eigenvalue weighted by molar-refractivity contribution is 5.79. The molecule has 0 bridgehead atoms. The van der Waals surface area contributed by atoms with Gasteiger partial charge in [0.05, 0.1) is 6.54 Å². The Morgan fingerprint density at radius 3 is 2.38 bits per heavy atom. The second-order valence-corrected chi connectivity index (χ2v) is 7.96. The maximum Gasteiger partial charge on any atom is 0.225 e. The minimum Gasteiger partial charge on any atom is -0.342 e. The molecule has 3 heterocycles. The molecule has 1 aromatic heterocycles. The molecule has 1 saturated carbocycles. The summed E-state index contributed by atoms with van der Waals surface area (Å²) in [5.41, 5.74) is 0. The summed E-state index contributed by atoms with van der Waals surface area (Å²) in [6, 6.07) is 0. The molecule has 2 unspecified atom stereocenters. The number of nitrogens with zero attached hydrogens (tertiary/aromatic N) is 5. The number of piperidine rings is 1. The van der Waals surface area contributed by atoms with Crippen LogP contribution in [-0.4, -0.2) is 56.7 Å². The molecule has 132 valence electrons. The van der Waals surface area contributed by atoms with Crippen molar-refractivity contribution in [2.24, 2.45) is 24.8 Å². The Morgan fingerprint density at radius 1 is 1.12 bits per heavy atom. The molecule has 24 heavy (non-hydrogen) atoms. The average molecular weight is 331 g/mol. The van der Waals surface area contributed by atoms with E-state index in [1.54, 1.807) is 6.33 Å². The predicted octanol–water partition coefficient (Wildman–Crippen LogP) is 1.68. The average Bonchev–Trinajstić information content (AvgIpc) is 3.21. The van der Waals surface area contributed by atoms with Crippen molar-refractivity contribution < 1.29 is 4.79 Å². The van der Waals surface area contributed by atoms with Gasteiger partial charge in [-0.05, 0) is 50.6 Å². The first-order valence-electron chi connectivity index (χ1n) is 9.54. The van der Waals surface area contributed by atoms with Gasteiger partial charge in [0, 0.05) is 26.1 Å². The van der Waals surface area contributed by atoms with Crippen molar-refractivity contribution >= 4 is 5.91 Å². The van der Waals surface area contributed by atoms with Gasteiger partial charge in [0.25, 0.3) is 0 Å². The minimum absolute atomic E-state index is 0.237. The molecule has 1 aromatic rings. The van der Waals surface area contributed by atoms with Crippen molar-refractivity contribution in [1.29, 1.82) is 0 Å². The van der Waals surface area contributed by atoms with Crippen LogP contribution in [0.1, 0.15) is 44.3 Å². The molecule has 0 aromatic carbocycles. The van der Waals surface area contributed by atoms with Crippen LogP contribution in [-0.2, 0) is 18.4 Å². The Bertz CT molecular complexity index is 564.